The van der Waals surface area contributed by atoms with Crippen LogP contribution in [-0.2, 0) is 12.6 Å². The summed E-state index contributed by atoms with van der Waals surface area (Å²) in [6, 6.07) is 15.5. The highest BCUT2D eigenvalue weighted by Crippen LogP contribution is 2.40. The van der Waals surface area contributed by atoms with Gasteiger partial charge in [0.15, 0.2) is 0 Å². The number of para-hydroxylation sites is 2. The lowest BCUT2D eigenvalue weighted by Gasteiger charge is -2.30. The fourth-order valence-electron chi connectivity index (χ4n) is 3.20. The van der Waals surface area contributed by atoms with Gasteiger partial charge < -0.3 is 24.5 Å². The van der Waals surface area contributed by atoms with Crippen LogP contribution in [0.25, 0.3) is 0 Å². The van der Waals surface area contributed by atoms with Gasteiger partial charge in [0.05, 0.1) is 5.56 Å². The number of carbonyl (C=O) groups is 1. The minimum Gasteiger partial charge on any atom is -0.490 e. The molecule has 2 aromatic carbocycles. The second-order valence-electron chi connectivity index (χ2n) is 7.23. The van der Waals surface area contributed by atoms with Gasteiger partial charge in [0.2, 0.25) is 5.60 Å². The average Bonchev–Trinajstić information content (AvgIpc) is 3.23. The number of ether oxygens (including phenoxy) is 2. The molecule has 0 fully saturated rings. The Morgan fingerprint density at radius 2 is 1.73 bits per heavy atom. The summed E-state index contributed by atoms with van der Waals surface area (Å²) in [6.07, 6.45) is -3.31. The first-order valence-electron chi connectivity index (χ1n) is 10.2. The first-order valence-corrected chi connectivity index (χ1v) is 10.2. The van der Waals surface area contributed by atoms with Crippen LogP contribution in [0.15, 0.2) is 67.0 Å². The molecule has 0 bridgehead atoms. The van der Waals surface area contributed by atoms with E-state index < -0.39 is 36.5 Å². The normalized spacial score (nSPS) is 13.2. The number of halogens is 3. The molecule has 0 aliphatic heterocycles. The van der Waals surface area contributed by atoms with Crippen molar-refractivity contribution in [2.24, 2.45) is 7.05 Å². The number of nitrogens with one attached hydrogen (secondary N) is 1. The van der Waals surface area contributed by atoms with Crippen molar-refractivity contribution in [3.05, 3.63) is 78.4 Å². The smallest absolute Gasteiger partial charge is 0.424 e. The maximum Gasteiger partial charge on any atom is 0.424 e. The SMILES string of the molecule is Cn1ccnc1C(O)(CCNC(=O)c1ccccc1OCCOc1ccccc1)C(F)(F)F. The second-order valence-corrected chi connectivity index (χ2v) is 7.23. The second kappa shape index (κ2) is 10.4. The quantitative estimate of drug-likeness (QED) is 0.450. The van der Waals surface area contributed by atoms with Crippen LogP contribution in [-0.4, -0.2) is 46.5 Å². The van der Waals surface area contributed by atoms with Crippen LogP contribution in [0.4, 0.5) is 13.2 Å². The summed E-state index contributed by atoms with van der Waals surface area (Å²) < 4.78 is 53.1. The summed E-state index contributed by atoms with van der Waals surface area (Å²) in [5.41, 5.74) is -3.05. The Morgan fingerprint density at radius 3 is 2.39 bits per heavy atom. The number of aromatic nitrogens is 2. The fraction of sp³-hybridized carbons (Fsp3) is 0.304. The molecule has 0 aliphatic rings. The van der Waals surface area contributed by atoms with Gasteiger partial charge in [-0.1, -0.05) is 30.3 Å². The number of aryl methyl sites for hydroxylation is 1. The molecule has 33 heavy (non-hydrogen) atoms. The number of hydrogen-bond acceptors (Lipinski definition) is 5. The van der Waals surface area contributed by atoms with E-state index in [1.165, 1.54) is 25.5 Å². The lowest BCUT2D eigenvalue weighted by Crippen LogP contribution is -2.46. The zero-order valence-corrected chi connectivity index (χ0v) is 17.9. The van der Waals surface area contributed by atoms with Gasteiger partial charge in [-0.3, -0.25) is 4.79 Å². The van der Waals surface area contributed by atoms with Crippen LogP contribution in [0.3, 0.4) is 0 Å². The number of carbonyl (C=O) groups excluding carboxylic acids is 1. The van der Waals surface area contributed by atoms with E-state index in [0.29, 0.717) is 5.75 Å². The lowest BCUT2D eigenvalue weighted by molar-refractivity contribution is -0.272. The van der Waals surface area contributed by atoms with Crippen molar-refractivity contribution in [1.82, 2.24) is 14.9 Å². The van der Waals surface area contributed by atoms with E-state index in [9.17, 15) is 23.1 Å². The van der Waals surface area contributed by atoms with Gasteiger partial charge in [-0.2, -0.15) is 13.2 Å². The molecule has 1 unspecified atom stereocenters. The fourth-order valence-corrected chi connectivity index (χ4v) is 3.20. The summed E-state index contributed by atoms with van der Waals surface area (Å²) >= 11 is 0. The summed E-state index contributed by atoms with van der Waals surface area (Å²) in [6.45, 7) is -0.0401. The van der Waals surface area contributed by atoms with Crippen LogP contribution >= 0.6 is 0 Å². The Balaban J connectivity index is 1.58. The predicted octanol–water partition coefficient (Wildman–Crippen LogP) is 3.45. The van der Waals surface area contributed by atoms with Crippen LogP contribution in [0, 0.1) is 0 Å². The number of rotatable bonds is 10. The third-order valence-electron chi connectivity index (χ3n) is 4.92. The summed E-state index contributed by atoms with van der Waals surface area (Å²) in [5, 5.41) is 12.8. The average molecular weight is 463 g/mol. The standard InChI is InChI=1S/C23H24F3N3O4/c1-29-14-13-28-21(29)22(31,23(24,25)26)11-12-27-20(30)18-9-5-6-10-19(18)33-16-15-32-17-7-3-2-4-8-17/h2-10,13-14,31H,11-12,15-16H2,1H3,(H,27,30). The molecule has 176 valence electrons. The van der Waals surface area contributed by atoms with Crippen molar-refractivity contribution in [2.45, 2.75) is 18.2 Å². The maximum atomic E-state index is 13.6. The Bertz CT molecular complexity index is 1060. The van der Waals surface area contributed by atoms with Crippen molar-refractivity contribution in [3.63, 3.8) is 0 Å². The molecular weight excluding hydrogens is 439 g/mol. The molecule has 2 N–H and O–H groups in total. The molecule has 1 aromatic heterocycles. The number of aliphatic hydroxyl groups is 1. The van der Waals surface area contributed by atoms with Gasteiger partial charge in [0.1, 0.15) is 30.5 Å². The van der Waals surface area contributed by atoms with Crippen molar-refractivity contribution < 1.29 is 32.5 Å². The highest BCUT2D eigenvalue weighted by Gasteiger charge is 2.57. The predicted molar refractivity (Wildman–Crippen MR) is 114 cm³/mol. The number of amides is 1. The molecular formula is C23H24F3N3O4. The Kier molecular flexibility index (Phi) is 7.59. The Hall–Kier alpha value is -3.53. The van der Waals surface area contributed by atoms with Gasteiger partial charge in [-0.15, -0.1) is 0 Å². The van der Waals surface area contributed by atoms with Gasteiger partial charge in [-0.05, 0) is 24.3 Å². The molecule has 1 atom stereocenters. The molecule has 7 nitrogen and oxygen atoms in total. The Morgan fingerprint density at radius 1 is 1.06 bits per heavy atom. The number of benzene rings is 2. The maximum absolute atomic E-state index is 13.6. The topological polar surface area (TPSA) is 85.6 Å². The molecule has 0 saturated heterocycles. The molecule has 0 saturated carbocycles. The molecule has 0 spiro atoms. The minimum absolute atomic E-state index is 0.157. The zero-order valence-electron chi connectivity index (χ0n) is 17.9. The minimum atomic E-state index is -4.98. The van der Waals surface area contributed by atoms with Crippen LogP contribution < -0.4 is 14.8 Å². The molecule has 0 aliphatic carbocycles. The van der Waals surface area contributed by atoms with Crippen molar-refractivity contribution in [3.8, 4) is 11.5 Å². The number of hydrogen-bond donors (Lipinski definition) is 2. The van der Waals surface area contributed by atoms with E-state index in [4.69, 9.17) is 9.47 Å². The first-order chi connectivity index (χ1) is 15.7. The van der Waals surface area contributed by atoms with Gasteiger partial charge >= 0.3 is 6.18 Å². The molecule has 1 amide bonds. The highest BCUT2D eigenvalue weighted by molar-refractivity contribution is 5.96. The van der Waals surface area contributed by atoms with E-state index in [1.807, 2.05) is 18.2 Å². The third-order valence-corrected chi connectivity index (χ3v) is 4.92. The van der Waals surface area contributed by atoms with E-state index >= 15 is 0 Å². The molecule has 0 radical (unpaired) electrons. The van der Waals surface area contributed by atoms with E-state index in [1.54, 1.807) is 30.3 Å². The first kappa shape index (κ1) is 24.1. The molecule has 1 heterocycles. The van der Waals surface area contributed by atoms with Crippen LogP contribution in [0.1, 0.15) is 22.6 Å². The number of nitrogens with zero attached hydrogens (tertiary/aromatic N) is 2. The molecule has 3 rings (SSSR count). The summed E-state index contributed by atoms with van der Waals surface area (Å²) in [5.74, 6) is -0.232. The van der Waals surface area contributed by atoms with Crippen molar-refractivity contribution >= 4 is 5.91 Å². The van der Waals surface area contributed by atoms with Gasteiger partial charge in [0.25, 0.3) is 5.91 Å². The van der Waals surface area contributed by atoms with Gasteiger partial charge in [0, 0.05) is 32.4 Å². The number of alkyl halides is 3. The monoisotopic (exact) mass is 463 g/mol. The Labute approximate surface area is 188 Å². The summed E-state index contributed by atoms with van der Waals surface area (Å²) in [4.78, 5) is 16.2. The van der Waals surface area contributed by atoms with E-state index in [2.05, 4.69) is 10.3 Å². The summed E-state index contributed by atoms with van der Waals surface area (Å²) in [7, 11) is 1.35. The highest BCUT2D eigenvalue weighted by atomic mass is 19.4. The van der Waals surface area contributed by atoms with Crippen molar-refractivity contribution in [1.29, 1.82) is 0 Å². The van der Waals surface area contributed by atoms with Gasteiger partial charge in [-0.25, -0.2) is 4.98 Å². The lowest BCUT2D eigenvalue weighted by atomic mass is 9.97. The number of imidazole rings is 1. The third kappa shape index (κ3) is 5.83. The van der Waals surface area contributed by atoms with Crippen molar-refractivity contribution in [2.75, 3.05) is 19.8 Å². The zero-order chi connectivity index (χ0) is 23.9. The molecule has 10 heteroatoms. The van der Waals surface area contributed by atoms with E-state index in [-0.39, 0.29) is 24.5 Å². The largest absolute Gasteiger partial charge is 0.490 e. The molecule has 3 aromatic rings. The van der Waals surface area contributed by atoms with E-state index in [0.717, 1.165) is 4.57 Å². The van der Waals surface area contributed by atoms with Crippen LogP contribution in [0.2, 0.25) is 0 Å². The van der Waals surface area contributed by atoms with Crippen LogP contribution in [0.5, 0.6) is 11.5 Å².